The molecule has 3 heterocycles. The van der Waals surface area contributed by atoms with Gasteiger partial charge < -0.3 is 9.64 Å². The van der Waals surface area contributed by atoms with E-state index in [2.05, 4.69) is 21.0 Å². The number of hydrogen-bond donors (Lipinski definition) is 0. The molecule has 3 rings (SSSR count). The van der Waals surface area contributed by atoms with Gasteiger partial charge in [-0.1, -0.05) is 17.4 Å². The molecule has 0 bridgehead atoms. The van der Waals surface area contributed by atoms with Gasteiger partial charge in [-0.25, -0.2) is 9.67 Å². The second kappa shape index (κ2) is 6.41. The molecule has 0 fully saturated rings. The summed E-state index contributed by atoms with van der Waals surface area (Å²) in [6, 6.07) is 4.03. The predicted octanol–water partition coefficient (Wildman–Crippen LogP) is 2.39. The van der Waals surface area contributed by atoms with Gasteiger partial charge in [-0.2, -0.15) is 5.10 Å². The summed E-state index contributed by atoms with van der Waals surface area (Å²) in [7, 11) is 3.65. The zero-order chi connectivity index (χ0) is 15.5. The van der Waals surface area contributed by atoms with Crippen molar-refractivity contribution in [2.24, 2.45) is 7.05 Å². The van der Waals surface area contributed by atoms with Gasteiger partial charge in [0.2, 0.25) is 0 Å². The van der Waals surface area contributed by atoms with Crippen molar-refractivity contribution in [2.75, 3.05) is 25.2 Å². The summed E-state index contributed by atoms with van der Waals surface area (Å²) < 4.78 is 8.22. The van der Waals surface area contributed by atoms with Crippen molar-refractivity contribution in [1.82, 2.24) is 19.7 Å². The van der Waals surface area contributed by atoms with Gasteiger partial charge in [0.05, 0.1) is 17.0 Å². The van der Waals surface area contributed by atoms with Crippen molar-refractivity contribution in [1.29, 1.82) is 0 Å². The Labute approximate surface area is 133 Å². The third-order valence-electron chi connectivity index (χ3n) is 3.47. The summed E-state index contributed by atoms with van der Waals surface area (Å²) in [6.45, 7) is 4.24. The molecule has 0 atom stereocenters. The van der Waals surface area contributed by atoms with Crippen LogP contribution in [0.4, 0.5) is 5.13 Å². The predicted molar refractivity (Wildman–Crippen MR) is 88.3 cm³/mol. The fourth-order valence-electron chi connectivity index (χ4n) is 2.36. The lowest BCUT2D eigenvalue weighted by Crippen LogP contribution is -2.26. The minimum absolute atomic E-state index is 0.660. The number of aromatic nitrogens is 4. The molecule has 116 valence electrons. The van der Waals surface area contributed by atoms with Crippen LogP contribution in [-0.2, 0) is 18.3 Å². The van der Waals surface area contributed by atoms with Crippen LogP contribution in [0.5, 0.6) is 0 Å². The monoisotopic (exact) mass is 317 g/mol. The maximum absolute atomic E-state index is 5.24. The first kappa shape index (κ1) is 14.9. The van der Waals surface area contributed by atoms with Gasteiger partial charge >= 0.3 is 0 Å². The quantitative estimate of drug-likeness (QED) is 0.699. The SMILES string of the molecule is COCCN(Cc1cccnc1)c1nc2c(s1)c(C)nn2C. The van der Waals surface area contributed by atoms with Crippen LogP contribution in [0.2, 0.25) is 0 Å². The van der Waals surface area contributed by atoms with Crippen molar-refractivity contribution in [3.8, 4) is 0 Å². The fraction of sp³-hybridized carbons (Fsp3) is 0.400. The molecule has 0 saturated heterocycles. The Morgan fingerprint density at radius 1 is 1.41 bits per heavy atom. The first-order valence-corrected chi connectivity index (χ1v) is 7.93. The van der Waals surface area contributed by atoms with Gasteiger partial charge in [0.15, 0.2) is 10.8 Å². The highest BCUT2D eigenvalue weighted by Gasteiger charge is 2.17. The zero-order valence-corrected chi connectivity index (χ0v) is 13.8. The Hall–Kier alpha value is -1.99. The highest BCUT2D eigenvalue weighted by atomic mass is 32.1. The van der Waals surface area contributed by atoms with E-state index >= 15 is 0 Å². The summed E-state index contributed by atoms with van der Waals surface area (Å²) in [4.78, 5) is 11.2. The van der Waals surface area contributed by atoms with Crippen molar-refractivity contribution in [2.45, 2.75) is 13.5 Å². The van der Waals surface area contributed by atoms with E-state index in [-0.39, 0.29) is 0 Å². The minimum atomic E-state index is 0.660. The van der Waals surface area contributed by atoms with E-state index in [1.165, 1.54) is 0 Å². The summed E-state index contributed by atoms with van der Waals surface area (Å²) >= 11 is 1.68. The second-order valence-corrected chi connectivity index (χ2v) is 6.11. The molecule has 0 amide bonds. The highest BCUT2D eigenvalue weighted by molar-refractivity contribution is 7.22. The average molecular weight is 317 g/mol. The van der Waals surface area contributed by atoms with Crippen LogP contribution in [-0.4, -0.2) is 40.0 Å². The number of fused-ring (bicyclic) bond motifs is 1. The van der Waals surface area contributed by atoms with Crippen molar-refractivity contribution in [3.05, 3.63) is 35.8 Å². The molecule has 0 saturated carbocycles. The van der Waals surface area contributed by atoms with Crippen LogP contribution in [0.15, 0.2) is 24.5 Å². The summed E-state index contributed by atoms with van der Waals surface area (Å²) in [5, 5.41) is 5.40. The molecule has 6 nitrogen and oxygen atoms in total. The number of anilines is 1. The largest absolute Gasteiger partial charge is 0.383 e. The van der Waals surface area contributed by atoms with Crippen LogP contribution in [0, 0.1) is 6.92 Å². The number of nitrogens with zero attached hydrogens (tertiary/aromatic N) is 5. The molecule has 0 aromatic carbocycles. The van der Waals surface area contributed by atoms with Gasteiger partial charge in [0, 0.05) is 39.6 Å². The van der Waals surface area contributed by atoms with E-state index in [9.17, 15) is 0 Å². The van der Waals surface area contributed by atoms with E-state index in [0.29, 0.717) is 6.61 Å². The maximum Gasteiger partial charge on any atom is 0.188 e. The standard InChI is InChI=1S/C15H19N5OS/c1-11-13-14(19(2)18-11)17-15(22-13)20(7-8-21-3)10-12-5-4-6-16-9-12/h4-6,9H,7-8,10H2,1-3H3. The molecule has 0 N–H and O–H groups in total. The number of pyridine rings is 1. The molecule has 22 heavy (non-hydrogen) atoms. The Morgan fingerprint density at radius 2 is 2.27 bits per heavy atom. The lowest BCUT2D eigenvalue weighted by atomic mass is 10.3. The lowest BCUT2D eigenvalue weighted by Gasteiger charge is -2.21. The van der Waals surface area contributed by atoms with Crippen molar-refractivity contribution >= 4 is 26.8 Å². The number of hydrogen-bond acceptors (Lipinski definition) is 6. The molecule has 0 radical (unpaired) electrons. The van der Waals surface area contributed by atoms with E-state index in [1.807, 2.05) is 30.9 Å². The van der Waals surface area contributed by atoms with Crippen LogP contribution in [0.3, 0.4) is 0 Å². The minimum Gasteiger partial charge on any atom is -0.383 e. The summed E-state index contributed by atoms with van der Waals surface area (Å²) in [6.07, 6.45) is 3.68. The van der Waals surface area contributed by atoms with E-state index in [4.69, 9.17) is 9.72 Å². The lowest BCUT2D eigenvalue weighted by molar-refractivity contribution is 0.205. The summed E-state index contributed by atoms with van der Waals surface area (Å²) in [5.41, 5.74) is 3.12. The zero-order valence-electron chi connectivity index (χ0n) is 13.0. The third kappa shape index (κ3) is 2.95. The van der Waals surface area contributed by atoms with Crippen LogP contribution < -0.4 is 4.90 Å². The van der Waals surface area contributed by atoms with Gasteiger partial charge in [-0.15, -0.1) is 0 Å². The van der Waals surface area contributed by atoms with Gasteiger partial charge in [0.1, 0.15) is 0 Å². The van der Waals surface area contributed by atoms with Crippen molar-refractivity contribution < 1.29 is 4.74 Å². The first-order chi connectivity index (χ1) is 10.7. The van der Waals surface area contributed by atoms with E-state index < -0.39 is 0 Å². The molecule has 7 heteroatoms. The second-order valence-electron chi connectivity index (χ2n) is 5.13. The van der Waals surface area contributed by atoms with Gasteiger partial charge in [-0.3, -0.25) is 4.98 Å². The Bertz CT molecular complexity index is 717. The fourth-order valence-corrected chi connectivity index (χ4v) is 3.42. The molecule has 0 aliphatic carbocycles. The van der Waals surface area contributed by atoms with Crippen LogP contribution in [0.25, 0.3) is 10.3 Å². The average Bonchev–Trinajstić information content (AvgIpc) is 3.07. The highest BCUT2D eigenvalue weighted by Crippen LogP contribution is 2.31. The molecule has 0 aliphatic rings. The topological polar surface area (TPSA) is 56.1 Å². The smallest absolute Gasteiger partial charge is 0.188 e. The van der Waals surface area contributed by atoms with Crippen LogP contribution >= 0.6 is 11.3 Å². The summed E-state index contributed by atoms with van der Waals surface area (Å²) in [5.74, 6) is 0. The Balaban J connectivity index is 1.91. The van der Waals surface area contributed by atoms with Gasteiger partial charge in [-0.05, 0) is 18.6 Å². The molecule has 0 unspecified atom stereocenters. The van der Waals surface area contributed by atoms with E-state index in [1.54, 1.807) is 24.6 Å². The Morgan fingerprint density at radius 3 is 2.95 bits per heavy atom. The molecule has 0 spiro atoms. The van der Waals surface area contributed by atoms with Gasteiger partial charge in [0.25, 0.3) is 0 Å². The van der Waals surface area contributed by atoms with E-state index in [0.717, 1.165) is 39.8 Å². The number of aryl methyl sites for hydroxylation is 2. The van der Waals surface area contributed by atoms with Crippen molar-refractivity contribution in [3.63, 3.8) is 0 Å². The third-order valence-corrected chi connectivity index (χ3v) is 4.68. The first-order valence-electron chi connectivity index (χ1n) is 7.12. The number of ether oxygens (including phenoxy) is 1. The van der Waals surface area contributed by atoms with Crippen LogP contribution in [0.1, 0.15) is 11.3 Å². The molecular formula is C15H19N5OS. The Kier molecular flexibility index (Phi) is 4.35. The normalized spacial score (nSPS) is 11.2. The molecule has 3 aromatic rings. The molecule has 3 aromatic heterocycles. The maximum atomic E-state index is 5.24. The number of thiazole rings is 1. The molecular weight excluding hydrogens is 298 g/mol. The number of rotatable bonds is 6. The molecule has 0 aliphatic heterocycles. The number of methoxy groups -OCH3 is 1.